The number of rotatable bonds is 3. The van der Waals surface area contributed by atoms with E-state index >= 15 is 0 Å². The van der Waals surface area contributed by atoms with Gasteiger partial charge in [0.05, 0.1) is 0 Å². The first kappa shape index (κ1) is 10.6. The number of alkyl halides is 1. The highest BCUT2D eigenvalue weighted by atomic mass is 32.2. The number of hydrogen-bond acceptors (Lipinski definition) is 2. The van der Waals surface area contributed by atoms with Gasteiger partial charge in [0.1, 0.15) is 11.4 Å². The lowest BCUT2D eigenvalue weighted by molar-refractivity contribution is -0.137. The minimum Gasteiger partial charge on any atom is -0.480 e. The number of halogens is 1. The molecule has 4 heteroatoms. The Hall–Kier alpha value is -0.510. The Labute approximate surface area is 81.2 Å². The molecule has 0 aliphatic carbocycles. The second-order valence-electron chi connectivity index (χ2n) is 3.14. The second-order valence-corrected chi connectivity index (χ2v) is 4.16. The summed E-state index contributed by atoms with van der Waals surface area (Å²) in [6.45, 7) is 3.35. The summed E-state index contributed by atoms with van der Waals surface area (Å²) in [5.41, 5.74) is 0.924. The number of allylic oxidation sites excluding steroid dienone is 1. The third-order valence-electron chi connectivity index (χ3n) is 2.27. The molecule has 0 radical (unpaired) electrons. The van der Waals surface area contributed by atoms with Crippen LogP contribution in [0.1, 0.15) is 20.3 Å². The molecule has 0 aromatic heterocycles. The molecule has 0 aromatic rings. The summed E-state index contributed by atoms with van der Waals surface area (Å²) in [6, 6.07) is 0. The lowest BCUT2D eigenvalue weighted by Gasteiger charge is -2.19. The topological polar surface area (TPSA) is 37.3 Å². The van der Waals surface area contributed by atoms with Crippen molar-refractivity contribution >= 4 is 17.7 Å². The van der Waals surface area contributed by atoms with Crippen molar-refractivity contribution < 1.29 is 14.3 Å². The average molecular weight is 204 g/mol. The molecule has 74 valence electrons. The molecule has 0 bridgehead atoms. The first-order valence-electron chi connectivity index (χ1n) is 4.29. The Bertz CT molecular complexity index is 238. The molecule has 13 heavy (non-hydrogen) atoms. The van der Waals surface area contributed by atoms with Gasteiger partial charge in [-0.1, -0.05) is 12.5 Å². The van der Waals surface area contributed by atoms with Gasteiger partial charge < -0.3 is 5.11 Å². The minimum absolute atomic E-state index is 0.438. The molecule has 0 aromatic carbocycles. The van der Waals surface area contributed by atoms with E-state index in [1.807, 2.05) is 6.92 Å². The summed E-state index contributed by atoms with van der Waals surface area (Å²) < 4.78 is 13.1. The van der Waals surface area contributed by atoms with Crippen molar-refractivity contribution in [2.45, 2.75) is 31.7 Å². The predicted molar refractivity (Wildman–Crippen MR) is 51.4 cm³/mol. The molecule has 1 aliphatic heterocycles. The lowest BCUT2D eigenvalue weighted by Crippen LogP contribution is -2.30. The Morgan fingerprint density at radius 1 is 1.85 bits per heavy atom. The van der Waals surface area contributed by atoms with E-state index in [-0.39, 0.29) is 0 Å². The maximum absolute atomic E-state index is 13.1. The maximum atomic E-state index is 13.1. The van der Waals surface area contributed by atoms with Crippen molar-refractivity contribution in [3.63, 3.8) is 0 Å². The molecule has 0 saturated carbocycles. The van der Waals surface area contributed by atoms with E-state index in [2.05, 4.69) is 0 Å². The summed E-state index contributed by atoms with van der Waals surface area (Å²) in [7, 11) is 0. The van der Waals surface area contributed by atoms with Gasteiger partial charge in [-0.3, -0.25) is 4.79 Å². The molecule has 1 heterocycles. The molecule has 3 unspecified atom stereocenters. The zero-order valence-corrected chi connectivity index (χ0v) is 8.47. The molecule has 3 atom stereocenters. The predicted octanol–water partition coefficient (Wildman–Crippen LogP) is 2.45. The van der Waals surface area contributed by atoms with Gasteiger partial charge in [-0.15, -0.1) is 11.8 Å². The standard InChI is InChI=1S/C9H13FO2S/c1-3-6-4-13-8(9(11)12)7(6)5(2)10/h4-5,7-8H,3H2,1-2H3,(H,11,12). The van der Waals surface area contributed by atoms with Gasteiger partial charge in [0.25, 0.3) is 0 Å². The van der Waals surface area contributed by atoms with E-state index in [1.54, 1.807) is 5.41 Å². The maximum Gasteiger partial charge on any atom is 0.317 e. The van der Waals surface area contributed by atoms with Gasteiger partial charge in [-0.2, -0.15) is 0 Å². The van der Waals surface area contributed by atoms with Gasteiger partial charge in [0.2, 0.25) is 0 Å². The Morgan fingerprint density at radius 2 is 2.46 bits per heavy atom. The molecule has 1 rings (SSSR count). The van der Waals surface area contributed by atoms with E-state index in [9.17, 15) is 9.18 Å². The third-order valence-corrected chi connectivity index (χ3v) is 3.49. The van der Waals surface area contributed by atoms with Gasteiger partial charge in [-0.25, -0.2) is 4.39 Å². The van der Waals surface area contributed by atoms with Crippen LogP contribution in [0.15, 0.2) is 11.0 Å². The van der Waals surface area contributed by atoms with Crippen LogP contribution in [-0.4, -0.2) is 22.5 Å². The molecule has 0 spiro atoms. The smallest absolute Gasteiger partial charge is 0.317 e. The zero-order chi connectivity index (χ0) is 10.0. The van der Waals surface area contributed by atoms with Gasteiger partial charge >= 0.3 is 5.97 Å². The summed E-state index contributed by atoms with van der Waals surface area (Å²) in [4.78, 5) is 10.8. The number of hydrogen-bond donors (Lipinski definition) is 1. The normalized spacial score (nSPS) is 29.9. The summed E-state index contributed by atoms with van der Waals surface area (Å²) in [5, 5.41) is 9.99. The van der Waals surface area contributed by atoms with Crippen LogP contribution in [0.5, 0.6) is 0 Å². The Balaban J connectivity index is 2.80. The second kappa shape index (κ2) is 4.13. The van der Waals surface area contributed by atoms with E-state index in [0.717, 1.165) is 12.0 Å². The van der Waals surface area contributed by atoms with E-state index in [1.165, 1.54) is 18.7 Å². The van der Waals surface area contributed by atoms with Crippen LogP contribution in [0.3, 0.4) is 0 Å². The highest BCUT2D eigenvalue weighted by Crippen LogP contribution is 2.40. The van der Waals surface area contributed by atoms with Crippen LogP contribution in [0.4, 0.5) is 4.39 Å². The highest BCUT2D eigenvalue weighted by molar-refractivity contribution is 8.03. The molecule has 0 saturated heterocycles. The molecule has 0 amide bonds. The number of carboxylic acids is 1. The van der Waals surface area contributed by atoms with E-state index in [4.69, 9.17) is 5.11 Å². The average Bonchev–Trinajstić information content (AvgIpc) is 2.46. The molecule has 2 nitrogen and oxygen atoms in total. The number of thioether (sulfide) groups is 1. The zero-order valence-electron chi connectivity index (χ0n) is 7.66. The molecule has 1 N–H and O–H groups in total. The van der Waals surface area contributed by atoms with Gasteiger partial charge in [-0.05, 0) is 18.8 Å². The van der Waals surface area contributed by atoms with Crippen molar-refractivity contribution in [1.82, 2.24) is 0 Å². The van der Waals surface area contributed by atoms with Crippen molar-refractivity contribution in [3.8, 4) is 0 Å². The Morgan fingerprint density at radius 3 is 2.85 bits per heavy atom. The van der Waals surface area contributed by atoms with Crippen LogP contribution < -0.4 is 0 Å². The van der Waals surface area contributed by atoms with Crippen molar-refractivity contribution in [2.75, 3.05) is 0 Å². The monoisotopic (exact) mass is 204 g/mol. The fraction of sp³-hybridized carbons (Fsp3) is 0.667. The largest absolute Gasteiger partial charge is 0.480 e. The number of carboxylic acid groups (broad SMARTS) is 1. The number of aliphatic carboxylic acids is 1. The van der Waals surface area contributed by atoms with Crippen molar-refractivity contribution in [3.05, 3.63) is 11.0 Å². The lowest BCUT2D eigenvalue weighted by atomic mass is 9.91. The van der Waals surface area contributed by atoms with Crippen LogP contribution in [0.2, 0.25) is 0 Å². The van der Waals surface area contributed by atoms with Crippen molar-refractivity contribution in [1.29, 1.82) is 0 Å². The summed E-state index contributed by atoms with van der Waals surface area (Å²) >= 11 is 1.22. The van der Waals surface area contributed by atoms with Crippen LogP contribution in [0, 0.1) is 5.92 Å². The fourth-order valence-electron chi connectivity index (χ4n) is 1.59. The van der Waals surface area contributed by atoms with Crippen LogP contribution in [-0.2, 0) is 4.79 Å². The van der Waals surface area contributed by atoms with E-state index in [0.29, 0.717) is 0 Å². The van der Waals surface area contributed by atoms with Crippen LogP contribution in [0.25, 0.3) is 0 Å². The van der Waals surface area contributed by atoms with Gasteiger partial charge in [0.15, 0.2) is 0 Å². The highest BCUT2D eigenvalue weighted by Gasteiger charge is 2.38. The molecular formula is C9H13FO2S. The summed E-state index contributed by atoms with van der Waals surface area (Å²) in [5.74, 6) is -1.35. The number of carbonyl (C=O) groups is 1. The summed E-state index contributed by atoms with van der Waals surface area (Å²) in [6.07, 6.45) is -0.349. The first-order valence-corrected chi connectivity index (χ1v) is 5.23. The molecule has 1 aliphatic rings. The SMILES string of the molecule is CCC1=CSC(C(=O)O)C1C(C)F. The van der Waals surface area contributed by atoms with Gasteiger partial charge in [0, 0.05) is 5.92 Å². The first-order chi connectivity index (χ1) is 6.07. The van der Waals surface area contributed by atoms with Crippen molar-refractivity contribution in [2.24, 2.45) is 5.92 Å². The quantitative estimate of drug-likeness (QED) is 0.767. The minimum atomic E-state index is -1.08. The molecular weight excluding hydrogens is 191 g/mol. The van der Waals surface area contributed by atoms with E-state index < -0.39 is 23.3 Å². The molecule has 0 fully saturated rings. The fourth-order valence-corrected chi connectivity index (χ4v) is 2.91. The van der Waals surface area contributed by atoms with Crippen LogP contribution >= 0.6 is 11.8 Å². The third kappa shape index (κ3) is 2.05. The Kier molecular flexibility index (Phi) is 3.36.